The maximum Gasteiger partial charge on any atom is 0.297 e. The topological polar surface area (TPSA) is 90.2 Å². The van der Waals surface area contributed by atoms with Crippen molar-refractivity contribution in [3.8, 4) is 17.4 Å². The van der Waals surface area contributed by atoms with E-state index >= 15 is 0 Å². The minimum atomic E-state index is -0.427. The molecule has 3 N–H and O–H groups in total. The molecule has 0 radical (unpaired) electrons. The Morgan fingerprint density at radius 1 is 1.47 bits per heavy atom. The number of nitrogens with two attached hydrogens (primary N) is 1. The van der Waals surface area contributed by atoms with Crippen LogP contribution in [0.2, 0.25) is 5.02 Å². The van der Waals surface area contributed by atoms with Crippen molar-refractivity contribution >= 4 is 11.6 Å². The lowest BCUT2D eigenvalue weighted by Crippen LogP contribution is -2.11. The number of halogens is 1. The third-order valence-electron chi connectivity index (χ3n) is 2.44. The summed E-state index contributed by atoms with van der Waals surface area (Å²) in [6.45, 7) is 0.276. The lowest BCUT2D eigenvalue weighted by Gasteiger charge is -2.11. The first-order chi connectivity index (χ1) is 9.15. The van der Waals surface area contributed by atoms with Crippen molar-refractivity contribution in [2.75, 3.05) is 7.11 Å². The van der Waals surface area contributed by atoms with Crippen LogP contribution in [-0.4, -0.2) is 17.1 Å². The molecule has 0 amide bonds. The average Bonchev–Trinajstić information content (AvgIpc) is 2.39. The Labute approximate surface area is 114 Å². The first-order valence-electron chi connectivity index (χ1n) is 5.43. The van der Waals surface area contributed by atoms with E-state index in [0.717, 1.165) is 5.56 Å². The largest absolute Gasteiger partial charge is 0.487 e. The molecule has 0 bridgehead atoms. The van der Waals surface area contributed by atoms with Gasteiger partial charge in [-0.25, -0.2) is 4.98 Å². The van der Waals surface area contributed by atoms with Gasteiger partial charge in [-0.15, -0.1) is 0 Å². The van der Waals surface area contributed by atoms with Crippen molar-refractivity contribution in [3.05, 3.63) is 45.5 Å². The summed E-state index contributed by atoms with van der Waals surface area (Å²) in [6, 6.07) is 5.06. The molecule has 6 nitrogen and oxygen atoms in total. The molecule has 0 spiro atoms. The van der Waals surface area contributed by atoms with Crippen LogP contribution in [0, 0.1) is 0 Å². The number of methoxy groups -OCH3 is 1. The summed E-state index contributed by atoms with van der Waals surface area (Å²) in [4.78, 5) is 17.8. The van der Waals surface area contributed by atoms with Crippen LogP contribution in [0.5, 0.6) is 17.4 Å². The van der Waals surface area contributed by atoms with Gasteiger partial charge in [0.2, 0.25) is 5.75 Å². The van der Waals surface area contributed by atoms with Gasteiger partial charge in [-0.2, -0.15) is 0 Å². The summed E-state index contributed by atoms with van der Waals surface area (Å²) in [6.07, 6.45) is 1.23. The smallest absolute Gasteiger partial charge is 0.297 e. The number of nitrogens with one attached hydrogen (secondary N) is 1. The van der Waals surface area contributed by atoms with Gasteiger partial charge in [0.25, 0.3) is 11.4 Å². The standard InChI is InChI=1S/C12H12ClN3O3/c1-18-10-11(17)15-6-16-12(10)19-9-4-8(13)3-2-7(9)5-14/h2-4,6H,5,14H2,1H3,(H,15,16,17). The van der Waals surface area contributed by atoms with Crippen molar-refractivity contribution in [1.82, 2.24) is 9.97 Å². The Balaban J connectivity index is 2.44. The average molecular weight is 282 g/mol. The fourth-order valence-electron chi connectivity index (χ4n) is 1.52. The molecule has 2 aromatic rings. The van der Waals surface area contributed by atoms with E-state index in [9.17, 15) is 4.79 Å². The highest BCUT2D eigenvalue weighted by Crippen LogP contribution is 2.30. The summed E-state index contributed by atoms with van der Waals surface area (Å²) in [5.74, 6) is 0.486. The van der Waals surface area contributed by atoms with Gasteiger partial charge in [-0.1, -0.05) is 17.7 Å². The Bertz CT molecular complexity index is 642. The van der Waals surface area contributed by atoms with Gasteiger partial charge < -0.3 is 20.2 Å². The molecule has 7 heteroatoms. The fraction of sp³-hybridized carbons (Fsp3) is 0.167. The number of H-pyrrole nitrogens is 1. The van der Waals surface area contributed by atoms with E-state index in [-0.39, 0.29) is 18.2 Å². The number of hydrogen-bond donors (Lipinski definition) is 2. The zero-order chi connectivity index (χ0) is 13.8. The molecule has 0 aliphatic heterocycles. The fourth-order valence-corrected chi connectivity index (χ4v) is 1.68. The molecular weight excluding hydrogens is 270 g/mol. The maximum absolute atomic E-state index is 11.5. The zero-order valence-electron chi connectivity index (χ0n) is 10.1. The highest BCUT2D eigenvalue weighted by Gasteiger charge is 2.13. The first-order valence-corrected chi connectivity index (χ1v) is 5.81. The molecule has 1 heterocycles. The zero-order valence-corrected chi connectivity index (χ0v) is 10.9. The van der Waals surface area contributed by atoms with Crippen molar-refractivity contribution in [2.24, 2.45) is 5.73 Å². The van der Waals surface area contributed by atoms with Crippen LogP contribution in [0.4, 0.5) is 0 Å². The second-order valence-corrected chi connectivity index (χ2v) is 4.06. The second kappa shape index (κ2) is 5.73. The Morgan fingerprint density at radius 3 is 2.95 bits per heavy atom. The predicted octanol–water partition coefficient (Wildman–Crippen LogP) is 1.68. The summed E-state index contributed by atoms with van der Waals surface area (Å²) >= 11 is 5.90. The maximum atomic E-state index is 11.5. The van der Waals surface area contributed by atoms with E-state index in [1.165, 1.54) is 13.4 Å². The SMILES string of the molecule is COc1c(Oc2cc(Cl)ccc2CN)nc[nH]c1=O. The van der Waals surface area contributed by atoms with Crippen LogP contribution in [-0.2, 0) is 6.54 Å². The predicted molar refractivity (Wildman–Crippen MR) is 70.8 cm³/mol. The molecule has 1 aromatic carbocycles. The number of aromatic nitrogens is 2. The summed E-state index contributed by atoms with van der Waals surface area (Å²) in [5, 5.41) is 0.496. The molecule has 0 saturated carbocycles. The quantitative estimate of drug-likeness (QED) is 0.890. The monoisotopic (exact) mass is 281 g/mol. The molecule has 0 unspecified atom stereocenters. The Hall–Kier alpha value is -2.05. The van der Waals surface area contributed by atoms with Gasteiger partial charge in [0, 0.05) is 17.1 Å². The summed E-state index contributed by atoms with van der Waals surface area (Å²) in [5.41, 5.74) is 5.93. The highest BCUT2D eigenvalue weighted by atomic mass is 35.5. The van der Waals surface area contributed by atoms with Gasteiger partial charge in [-0.3, -0.25) is 4.79 Å². The van der Waals surface area contributed by atoms with Crippen molar-refractivity contribution in [1.29, 1.82) is 0 Å². The molecule has 0 aliphatic rings. The summed E-state index contributed by atoms with van der Waals surface area (Å²) < 4.78 is 10.5. The molecule has 2 rings (SSSR count). The van der Waals surface area contributed by atoms with Crippen LogP contribution >= 0.6 is 11.6 Å². The van der Waals surface area contributed by atoms with E-state index < -0.39 is 5.56 Å². The number of hydrogen-bond acceptors (Lipinski definition) is 5. The first kappa shape index (κ1) is 13.4. The minimum absolute atomic E-state index is 0.00885. The molecule has 1 aromatic heterocycles. The number of aromatic amines is 1. The van der Waals surface area contributed by atoms with Crippen molar-refractivity contribution in [3.63, 3.8) is 0 Å². The number of rotatable bonds is 4. The van der Waals surface area contributed by atoms with Crippen molar-refractivity contribution in [2.45, 2.75) is 6.54 Å². The molecule has 0 fully saturated rings. The van der Waals surface area contributed by atoms with Crippen LogP contribution in [0.25, 0.3) is 0 Å². The van der Waals surface area contributed by atoms with Gasteiger partial charge in [0.15, 0.2) is 0 Å². The molecule has 0 aliphatic carbocycles. The molecule has 0 atom stereocenters. The Kier molecular flexibility index (Phi) is 4.03. The second-order valence-electron chi connectivity index (χ2n) is 3.63. The number of ether oxygens (including phenoxy) is 2. The normalized spacial score (nSPS) is 10.3. The number of nitrogens with zero attached hydrogens (tertiary/aromatic N) is 1. The third-order valence-corrected chi connectivity index (χ3v) is 2.67. The third kappa shape index (κ3) is 2.86. The lowest BCUT2D eigenvalue weighted by molar-refractivity contribution is 0.361. The Morgan fingerprint density at radius 2 is 2.26 bits per heavy atom. The molecule has 0 saturated heterocycles. The van der Waals surface area contributed by atoms with Crippen molar-refractivity contribution < 1.29 is 9.47 Å². The summed E-state index contributed by atoms with van der Waals surface area (Å²) in [7, 11) is 1.36. The van der Waals surface area contributed by atoms with Crippen LogP contribution in [0.3, 0.4) is 0 Å². The lowest BCUT2D eigenvalue weighted by atomic mass is 10.2. The highest BCUT2D eigenvalue weighted by molar-refractivity contribution is 6.30. The molecule has 19 heavy (non-hydrogen) atoms. The van der Waals surface area contributed by atoms with E-state index in [1.807, 2.05) is 0 Å². The van der Waals surface area contributed by atoms with E-state index in [1.54, 1.807) is 18.2 Å². The van der Waals surface area contributed by atoms with E-state index in [2.05, 4.69) is 9.97 Å². The van der Waals surface area contributed by atoms with Gasteiger partial charge in [0.05, 0.1) is 13.4 Å². The van der Waals surface area contributed by atoms with E-state index in [0.29, 0.717) is 10.8 Å². The minimum Gasteiger partial charge on any atom is -0.487 e. The molecular formula is C12H12ClN3O3. The van der Waals surface area contributed by atoms with Crippen LogP contribution in [0.1, 0.15) is 5.56 Å². The van der Waals surface area contributed by atoms with Gasteiger partial charge in [0.1, 0.15) is 5.75 Å². The van der Waals surface area contributed by atoms with Crippen LogP contribution < -0.4 is 20.8 Å². The van der Waals surface area contributed by atoms with Gasteiger partial charge >= 0.3 is 0 Å². The van der Waals surface area contributed by atoms with Crippen LogP contribution in [0.15, 0.2) is 29.3 Å². The van der Waals surface area contributed by atoms with E-state index in [4.69, 9.17) is 26.8 Å². The number of benzene rings is 1. The molecule has 100 valence electrons. The van der Waals surface area contributed by atoms with Gasteiger partial charge in [-0.05, 0) is 12.1 Å².